The largest absolute Gasteiger partial charge is 0.356 e. The fraction of sp³-hybridized carbons (Fsp3) is 0.435. The maximum absolute atomic E-state index is 4.41. The Bertz CT molecular complexity index is 705. The van der Waals surface area contributed by atoms with Crippen LogP contribution in [-0.4, -0.2) is 43.1 Å². The number of nitrogens with one attached hydrogen (secondary N) is 2. The predicted molar refractivity (Wildman–Crippen MR) is 129 cm³/mol. The van der Waals surface area contributed by atoms with E-state index < -0.39 is 0 Å². The minimum absolute atomic E-state index is 0. The minimum atomic E-state index is 0. The number of rotatable bonds is 6. The molecule has 3 rings (SSSR count). The molecule has 5 heteroatoms. The van der Waals surface area contributed by atoms with Gasteiger partial charge in [0.05, 0.1) is 0 Å². The highest BCUT2D eigenvalue weighted by Crippen LogP contribution is 2.19. The van der Waals surface area contributed by atoms with Gasteiger partial charge in [-0.2, -0.15) is 0 Å². The van der Waals surface area contributed by atoms with E-state index >= 15 is 0 Å². The molecule has 1 saturated heterocycles. The Balaban J connectivity index is 0.00000280. The molecule has 1 aliphatic rings. The van der Waals surface area contributed by atoms with E-state index in [2.05, 4.69) is 88.1 Å². The summed E-state index contributed by atoms with van der Waals surface area (Å²) in [5.41, 5.74) is 2.75. The first-order chi connectivity index (χ1) is 13.2. The first kappa shape index (κ1) is 22.7. The molecule has 28 heavy (non-hydrogen) atoms. The number of halogens is 1. The Morgan fingerprint density at radius 2 is 1.68 bits per heavy atom. The number of benzene rings is 2. The topological polar surface area (TPSA) is 39.7 Å². The fourth-order valence-electron chi connectivity index (χ4n) is 3.76. The molecule has 152 valence electrons. The molecule has 2 atom stereocenters. The van der Waals surface area contributed by atoms with Crippen molar-refractivity contribution >= 4 is 29.9 Å². The van der Waals surface area contributed by atoms with Gasteiger partial charge in [-0.15, -0.1) is 24.0 Å². The Hall–Kier alpha value is -1.60. The molecule has 0 radical (unpaired) electrons. The van der Waals surface area contributed by atoms with E-state index in [9.17, 15) is 0 Å². The van der Waals surface area contributed by atoms with E-state index in [-0.39, 0.29) is 24.0 Å². The lowest BCUT2D eigenvalue weighted by atomic mass is 9.97. The third kappa shape index (κ3) is 7.09. The zero-order valence-electron chi connectivity index (χ0n) is 17.0. The summed E-state index contributed by atoms with van der Waals surface area (Å²) in [5.74, 6) is 0.916. The van der Waals surface area contributed by atoms with Crippen LogP contribution in [0.5, 0.6) is 0 Å². The summed E-state index contributed by atoms with van der Waals surface area (Å²) in [6, 6.07) is 22.4. The average Bonchev–Trinajstić information content (AvgIpc) is 2.71. The maximum Gasteiger partial charge on any atom is 0.191 e. The van der Waals surface area contributed by atoms with Crippen molar-refractivity contribution in [2.75, 3.05) is 20.1 Å². The van der Waals surface area contributed by atoms with Crippen molar-refractivity contribution in [1.82, 2.24) is 15.5 Å². The Labute approximate surface area is 186 Å². The van der Waals surface area contributed by atoms with Crippen LogP contribution in [0.4, 0.5) is 0 Å². The second kappa shape index (κ2) is 12.1. The summed E-state index contributed by atoms with van der Waals surface area (Å²) in [7, 11) is 1.85. The molecule has 2 aromatic carbocycles. The van der Waals surface area contributed by atoms with Gasteiger partial charge < -0.3 is 10.6 Å². The maximum atomic E-state index is 4.41. The summed E-state index contributed by atoms with van der Waals surface area (Å²) >= 11 is 0. The lowest BCUT2D eigenvalue weighted by Gasteiger charge is -2.38. The van der Waals surface area contributed by atoms with Crippen molar-refractivity contribution in [3.63, 3.8) is 0 Å². The van der Waals surface area contributed by atoms with Gasteiger partial charge in [0.25, 0.3) is 0 Å². The lowest BCUT2D eigenvalue weighted by Crippen LogP contribution is -2.51. The average molecular weight is 492 g/mol. The van der Waals surface area contributed by atoms with Crippen LogP contribution in [0, 0.1) is 0 Å². The van der Waals surface area contributed by atoms with Gasteiger partial charge in [0.1, 0.15) is 0 Å². The summed E-state index contributed by atoms with van der Waals surface area (Å²) in [5, 5.41) is 7.08. The smallest absolute Gasteiger partial charge is 0.191 e. The van der Waals surface area contributed by atoms with Crippen molar-refractivity contribution in [2.45, 2.75) is 44.8 Å². The predicted octanol–water partition coefficient (Wildman–Crippen LogP) is 4.07. The van der Waals surface area contributed by atoms with Crippen molar-refractivity contribution < 1.29 is 0 Å². The highest BCUT2D eigenvalue weighted by molar-refractivity contribution is 14.0. The summed E-state index contributed by atoms with van der Waals surface area (Å²) in [6.45, 7) is 5.39. The highest BCUT2D eigenvalue weighted by Gasteiger charge is 2.25. The van der Waals surface area contributed by atoms with Gasteiger partial charge in [0.15, 0.2) is 5.96 Å². The number of piperidine rings is 1. The van der Waals surface area contributed by atoms with Crippen LogP contribution in [0.1, 0.15) is 30.9 Å². The van der Waals surface area contributed by atoms with Crippen molar-refractivity contribution in [3.8, 4) is 0 Å². The Morgan fingerprint density at radius 1 is 1.04 bits per heavy atom. The number of nitrogens with zero attached hydrogens (tertiary/aromatic N) is 2. The molecule has 0 amide bonds. The van der Waals surface area contributed by atoms with Gasteiger partial charge in [-0.1, -0.05) is 60.7 Å². The SMILES string of the molecule is CN=C(NCCc1ccccc1)NC1CCN(Cc2ccccc2)C(C)C1.I. The molecule has 2 N–H and O–H groups in total. The van der Waals surface area contributed by atoms with Gasteiger partial charge in [0, 0.05) is 38.8 Å². The number of likely N-dealkylation sites (tertiary alicyclic amines) is 1. The molecule has 2 aromatic rings. The van der Waals surface area contributed by atoms with Crippen molar-refractivity contribution in [2.24, 2.45) is 4.99 Å². The van der Waals surface area contributed by atoms with Crippen LogP contribution >= 0.6 is 24.0 Å². The first-order valence-electron chi connectivity index (χ1n) is 10.0. The fourth-order valence-corrected chi connectivity index (χ4v) is 3.76. The third-order valence-electron chi connectivity index (χ3n) is 5.36. The molecule has 1 heterocycles. The monoisotopic (exact) mass is 492 g/mol. The number of hydrogen-bond donors (Lipinski definition) is 2. The van der Waals surface area contributed by atoms with Crippen LogP contribution in [0.2, 0.25) is 0 Å². The zero-order chi connectivity index (χ0) is 18.9. The number of hydrogen-bond acceptors (Lipinski definition) is 2. The number of guanidine groups is 1. The van der Waals surface area contributed by atoms with Crippen molar-refractivity contribution in [3.05, 3.63) is 71.8 Å². The van der Waals surface area contributed by atoms with Crippen LogP contribution in [-0.2, 0) is 13.0 Å². The molecular weight excluding hydrogens is 459 g/mol. The first-order valence-corrected chi connectivity index (χ1v) is 10.0. The lowest BCUT2D eigenvalue weighted by molar-refractivity contribution is 0.134. The molecule has 4 nitrogen and oxygen atoms in total. The third-order valence-corrected chi connectivity index (χ3v) is 5.36. The normalized spacial score (nSPS) is 20.3. The quantitative estimate of drug-likeness (QED) is 0.363. The molecule has 0 bridgehead atoms. The van der Waals surface area contributed by atoms with Crippen LogP contribution in [0.25, 0.3) is 0 Å². The summed E-state index contributed by atoms with van der Waals surface area (Å²) < 4.78 is 0. The standard InChI is InChI=1S/C23H32N4.HI/c1-19-17-22(14-16-27(19)18-21-11-7-4-8-12-21)26-23(24-2)25-15-13-20-9-5-3-6-10-20;/h3-12,19,22H,13-18H2,1-2H3,(H2,24,25,26);1H. The van der Waals surface area contributed by atoms with E-state index in [0.29, 0.717) is 12.1 Å². The van der Waals surface area contributed by atoms with Crippen LogP contribution in [0.3, 0.4) is 0 Å². The summed E-state index contributed by atoms with van der Waals surface area (Å²) in [4.78, 5) is 6.99. The molecule has 1 aliphatic heterocycles. The van der Waals surface area contributed by atoms with E-state index in [4.69, 9.17) is 0 Å². The second-order valence-corrected chi connectivity index (χ2v) is 7.41. The van der Waals surface area contributed by atoms with Gasteiger partial charge in [-0.05, 0) is 37.3 Å². The van der Waals surface area contributed by atoms with E-state index in [1.807, 2.05) is 7.05 Å². The highest BCUT2D eigenvalue weighted by atomic mass is 127. The zero-order valence-corrected chi connectivity index (χ0v) is 19.3. The van der Waals surface area contributed by atoms with Gasteiger partial charge in [-0.25, -0.2) is 0 Å². The molecule has 0 aliphatic carbocycles. The van der Waals surface area contributed by atoms with Crippen LogP contribution in [0.15, 0.2) is 65.7 Å². The van der Waals surface area contributed by atoms with Crippen LogP contribution < -0.4 is 10.6 Å². The van der Waals surface area contributed by atoms with Crippen molar-refractivity contribution in [1.29, 1.82) is 0 Å². The molecule has 0 spiro atoms. The second-order valence-electron chi connectivity index (χ2n) is 7.41. The molecule has 0 aromatic heterocycles. The minimum Gasteiger partial charge on any atom is -0.356 e. The molecule has 2 unspecified atom stereocenters. The van der Waals surface area contributed by atoms with Gasteiger partial charge >= 0.3 is 0 Å². The Morgan fingerprint density at radius 3 is 2.29 bits per heavy atom. The van der Waals surface area contributed by atoms with E-state index in [1.165, 1.54) is 11.1 Å². The molecule has 0 saturated carbocycles. The number of aliphatic imine (C=N–C) groups is 1. The van der Waals surface area contributed by atoms with Gasteiger partial charge in [0.2, 0.25) is 0 Å². The molecule has 1 fully saturated rings. The Kier molecular flexibility index (Phi) is 9.78. The van der Waals surface area contributed by atoms with E-state index in [1.54, 1.807) is 0 Å². The van der Waals surface area contributed by atoms with E-state index in [0.717, 1.165) is 44.9 Å². The molecular formula is C23H33IN4. The summed E-state index contributed by atoms with van der Waals surface area (Å²) in [6.07, 6.45) is 3.30. The van der Waals surface area contributed by atoms with Gasteiger partial charge in [-0.3, -0.25) is 9.89 Å².